The average Bonchev–Trinajstić information content (AvgIpc) is 2.88. The van der Waals surface area contributed by atoms with Gasteiger partial charge in [-0.05, 0) is 37.3 Å². The van der Waals surface area contributed by atoms with Crippen LogP contribution in [0, 0.1) is 11.7 Å². The zero-order valence-corrected chi connectivity index (χ0v) is 12.7. The Kier molecular flexibility index (Phi) is 4.24. The van der Waals surface area contributed by atoms with Gasteiger partial charge in [-0.3, -0.25) is 0 Å². The minimum Gasteiger partial charge on any atom is -0.327 e. The highest BCUT2D eigenvalue weighted by Gasteiger charge is 2.26. The lowest BCUT2D eigenvalue weighted by Gasteiger charge is -2.27. The number of para-hydroxylation sites is 1. The molecule has 1 unspecified atom stereocenters. The van der Waals surface area contributed by atoms with E-state index in [1.807, 2.05) is 6.07 Å². The second-order valence-corrected chi connectivity index (χ2v) is 6.15. The summed E-state index contributed by atoms with van der Waals surface area (Å²) >= 11 is 0. The van der Waals surface area contributed by atoms with E-state index in [0.717, 1.165) is 24.3 Å². The van der Waals surface area contributed by atoms with E-state index in [2.05, 4.69) is 16.5 Å². The molecule has 0 amide bonds. The van der Waals surface area contributed by atoms with Crippen LogP contribution in [-0.4, -0.2) is 9.55 Å². The fourth-order valence-corrected chi connectivity index (χ4v) is 3.55. The van der Waals surface area contributed by atoms with E-state index < -0.39 is 0 Å². The summed E-state index contributed by atoms with van der Waals surface area (Å²) in [5.74, 6) is 1.09. The first kappa shape index (κ1) is 14.5. The summed E-state index contributed by atoms with van der Waals surface area (Å²) in [6, 6.07) is 5.09. The number of hydrogen-bond donors (Lipinski definition) is 1. The van der Waals surface area contributed by atoms with Crippen molar-refractivity contribution in [2.24, 2.45) is 11.7 Å². The third-order valence-corrected chi connectivity index (χ3v) is 4.66. The van der Waals surface area contributed by atoms with Crippen LogP contribution in [-0.2, 0) is 6.54 Å². The Morgan fingerprint density at radius 1 is 1.33 bits per heavy atom. The van der Waals surface area contributed by atoms with E-state index in [1.165, 1.54) is 38.2 Å². The van der Waals surface area contributed by atoms with Crippen LogP contribution < -0.4 is 5.73 Å². The number of imidazole rings is 1. The number of fused-ring (bicyclic) bond motifs is 1. The minimum absolute atomic E-state index is 0.0800. The highest BCUT2D eigenvalue weighted by molar-refractivity contribution is 5.76. The largest absolute Gasteiger partial charge is 0.327 e. The van der Waals surface area contributed by atoms with Crippen LogP contribution in [0.1, 0.15) is 57.3 Å². The molecule has 1 atom stereocenters. The van der Waals surface area contributed by atoms with Crippen molar-refractivity contribution in [1.29, 1.82) is 0 Å². The Labute approximate surface area is 125 Å². The Morgan fingerprint density at radius 2 is 2.10 bits per heavy atom. The number of halogens is 1. The van der Waals surface area contributed by atoms with Gasteiger partial charge in [0, 0.05) is 6.54 Å². The predicted octanol–water partition coefficient (Wildman–Crippen LogP) is 4.17. The van der Waals surface area contributed by atoms with Gasteiger partial charge in [0.05, 0.1) is 11.6 Å². The standard InChI is InChI=1S/C17H24FN3/c1-2-11-21-14-10-6-9-13(18)16(14)20-17(21)15(19)12-7-4-3-5-8-12/h6,9-10,12,15H,2-5,7-8,11,19H2,1H3. The van der Waals surface area contributed by atoms with Gasteiger partial charge >= 0.3 is 0 Å². The summed E-state index contributed by atoms with van der Waals surface area (Å²) in [7, 11) is 0. The van der Waals surface area contributed by atoms with Crippen molar-refractivity contribution in [1.82, 2.24) is 9.55 Å². The van der Waals surface area contributed by atoms with E-state index in [4.69, 9.17) is 5.73 Å². The van der Waals surface area contributed by atoms with Gasteiger partial charge in [-0.1, -0.05) is 32.3 Å². The molecule has 1 aromatic heterocycles. The molecule has 2 N–H and O–H groups in total. The van der Waals surface area contributed by atoms with Crippen molar-refractivity contribution < 1.29 is 4.39 Å². The molecule has 114 valence electrons. The molecule has 1 aliphatic carbocycles. The van der Waals surface area contributed by atoms with Crippen LogP contribution in [0.25, 0.3) is 11.0 Å². The van der Waals surface area contributed by atoms with Gasteiger partial charge in [-0.25, -0.2) is 9.37 Å². The number of benzene rings is 1. The lowest BCUT2D eigenvalue weighted by molar-refractivity contribution is 0.296. The molecule has 3 rings (SSSR count). The monoisotopic (exact) mass is 289 g/mol. The summed E-state index contributed by atoms with van der Waals surface area (Å²) in [4.78, 5) is 4.57. The Hall–Kier alpha value is -1.42. The summed E-state index contributed by atoms with van der Waals surface area (Å²) in [5.41, 5.74) is 7.85. The third kappa shape index (κ3) is 2.69. The first-order valence-corrected chi connectivity index (χ1v) is 8.12. The van der Waals surface area contributed by atoms with Crippen molar-refractivity contribution in [2.45, 2.75) is 58.0 Å². The van der Waals surface area contributed by atoms with Gasteiger partial charge < -0.3 is 10.3 Å². The number of nitrogens with zero attached hydrogens (tertiary/aromatic N) is 2. The van der Waals surface area contributed by atoms with Gasteiger partial charge in [0.1, 0.15) is 11.3 Å². The third-order valence-electron chi connectivity index (χ3n) is 4.66. The Morgan fingerprint density at radius 3 is 2.81 bits per heavy atom. The van der Waals surface area contributed by atoms with Crippen LogP contribution in [0.5, 0.6) is 0 Å². The second-order valence-electron chi connectivity index (χ2n) is 6.15. The summed E-state index contributed by atoms with van der Waals surface area (Å²) in [6.07, 6.45) is 7.13. The van der Waals surface area contributed by atoms with Crippen LogP contribution in [0.2, 0.25) is 0 Å². The van der Waals surface area contributed by atoms with Crippen molar-refractivity contribution >= 4 is 11.0 Å². The summed E-state index contributed by atoms with van der Waals surface area (Å²) in [5, 5.41) is 0. The number of rotatable bonds is 4. The maximum absolute atomic E-state index is 14.0. The molecule has 0 saturated heterocycles. The van der Waals surface area contributed by atoms with Gasteiger partial charge in [0.2, 0.25) is 0 Å². The molecular weight excluding hydrogens is 265 g/mol. The molecule has 0 spiro atoms. The van der Waals surface area contributed by atoms with Gasteiger partial charge in [-0.15, -0.1) is 0 Å². The fraction of sp³-hybridized carbons (Fsp3) is 0.588. The number of hydrogen-bond acceptors (Lipinski definition) is 2. The normalized spacial score (nSPS) is 18.2. The quantitative estimate of drug-likeness (QED) is 0.918. The maximum atomic E-state index is 14.0. The molecule has 0 bridgehead atoms. The molecule has 21 heavy (non-hydrogen) atoms. The fourth-order valence-electron chi connectivity index (χ4n) is 3.55. The number of aryl methyl sites for hydroxylation is 1. The highest BCUT2D eigenvalue weighted by atomic mass is 19.1. The van der Waals surface area contributed by atoms with Gasteiger partial charge in [-0.2, -0.15) is 0 Å². The van der Waals surface area contributed by atoms with E-state index in [9.17, 15) is 4.39 Å². The number of nitrogens with two attached hydrogens (primary N) is 1. The van der Waals surface area contributed by atoms with Crippen molar-refractivity contribution in [3.8, 4) is 0 Å². The van der Waals surface area contributed by atoms with E-state index >= 15 is 0 Å². The molecule has 1 heterocycles. The van der Waals surface area contributed by atoms with Crippen molar-refractivity contribution in [2.75, 3.05) is 0 Å². The van der Waals surface area contributed by atoms with Gasteiger partial charge in [0.15, 0.2) is 5.82 Å². The van der Waals surface area contributed by atoms with Crippen LogP contribution in [0.4, 0.5) is 4.39 Å². The highest BCUT2D eigenvalue weighted by Crippen LogP contribution is 2.34. The van der Waals surface area contributed by atoms with E-state index in [-0.39, 0.29) is 11.9 Å². The maximum Gasteiger partial charge on any atom is 0.151 e. The molecule has 0 aliphatic heterocycles. The van der Waals surface area contributed by atoms with Crippen LogP contribution in [0.3, 0.4) is 0 Å². The summed E-state index contributed by atoms with van der Waals surface area (Å²) in [6.45, 7) is 2.97. The molecule has 4 heteroatoms. The number of aromatic nitrogens is 2. The molecule has 1 aliphatic rings. The van der Waals surface area contributed by atoms with Crippen molar-refractivity contribution in [3.63, 3.8) is 0 Å². The molecule has 1 aromatic carbocycles. The van der Waals surface area contributed by atoms with Crippen LogP contribution in [0.15, 0.2) is 18.2 Å². The van der Waals surface area contributed by atoms with E-state index in [0.29, 0.717) is 11.4 Å². The minimum atomic E-state index is -0.251. The van der Waals surface area contributed by atoms with Crippen LogP contribution >= 0.6 is 0 Å². The predicted molar refractivity (Wildman–Crippen MR) is 83.5 cm³/mol. The average molecular weight is 289 g/mol. The topological polar surface area (TPSA) is 43.8 Å². The zero-order chi connectivity index (χ0) is 14.8. The lowest BCUT2D eigenvalue weighted by atomic mass is 9.84. The molecule has 3 nitrogen and oxygen atoms in total. The first-order chi connectivity index (χ1) is 10.2. The Bertz CT molecular complexity index is 614. The lowest BCUT2D eigenvalue weighted by Crippen LogP contribution is -2.26. The second kappa shape index (κ2) is 6.14. The Balaban J connectivity index is 2.03. The van der Waals surface area contributed by atoms with E-state index in [1.54, 1.807) is 6.07 Å². The smallest absolute Gasteiger partial charge is 0.151 e. The van der Waals surface area contributed by atoms with Crippen molar-refractivity contribution in [3.05, 3.63) is 29.8 Å². The summed E-state index contributed by atoms with van der Waals surface area (Å²) < 4.78 is 16.1. The first-order valence-electron chi connectivity index (χ1n) is 8.12. The molecule has 0 radical (unpaired) electrons. The molecule has 1 saturated carbocycles. The van der Waals surface area contributed by atoms with Gasteiger partial charge in [0.25, 0.3) is 0 Å². The zero-order valence-electron chi connectivity index (χ0n) is 12.7. The molecular formula is C17H24FN3. The SMILES string of the molecule is CCCn1c(C(N)C2CCCCC2)nc2c(F)cccc21. The molecule has 2 aromatic rings. The molecule has 1 fully saturated rings.